The number of thiophene rings is 1. The molecule has 0 aliphatic carbocycles. The summed E-state index contributed by atoms with van der Waals surface area (Å²) in [6.07, 6.45) is 0. The lowest BCUT2D eigenvalue weighted by Gasteiger charge is -2.30. The fraction of sp³-hybridized carbons (Fsp3) is 0.125. The van der Waals surface area contributed by atoms with E-state index in [1.807, 2.05) is 43.3 Å². The van der Waals surface area contributed by atoms with Gasteiger partial charge in [0.1, 0.15) is 4.99 Å². The van der Waals surface area contributed by atoms with Crippen molar-refractivity contribution in [3.8, 4) is 0 Å². The first-order valence-corrected chi connectivity index (χ1v) is 8.53. The maximum Gasteiger partial charge on any atom is 0.171 e. The Labute approximate surface area is 144 Å². The molecule has 0 spiro atoms. The molecule has 0 amide bonds. The molecule has 1 aromatic carbocycles. The molecule has 22 heavy (non-hydrogen) atoms. The Hall–Kier alpha value is -1.76. The number of anilines is 1. The van der Waals surface area contributed by atoms with E-state index in [9.17, 15) is 0 Å². The summed E-state index contributed by atoms with van der Waals surface area (Å²) >= 11 is 12.6. The molecular formula is C16H15N3S3. The normalized spacial score (nSPS) is 17.7. The molecule has 112 valence electrons. The van der Waals surface area contributed by atoms with E-state index < -0.39 is 0 Å². The van der Waals surface area contributed by atoms with Crippen LogP contribution in [-0.4, -0.2) is 10.1 Å². The van der Waals surface area contributed by atoms with Crippen molar-refractivity contribution in [2.45, 2.75) is 13.0 Å². The molecule has 0 bridgehead atoms. The summed E-state index contributed by atoms with van der Waals surface area (Å²) in [5.74, 6) is 0. The van der Waals surface area contributed by atoms with Crippen molar-refractivity contribution in [1.82, 2.24) is 10.6 Å². The van der Waals surface area contributed by atoms with Crippen LogP contribution in [0.2, 0.25) is 0 Å². The Morgan fingerprint density at radius 3 is 2.64 bits per heavy atom. The quantitative estimate of drug-likeness (QED) is 0.734. The largest absolute Gasteiger partial charge is 0.351 e. The lowest BCUT2D eigenvalue weighted by atomic mass is 10.0. The average Bonchev–Trinajstić information content (AvgIpc) is 3.01. The van der Waals surface area contributed by atoms with Crippen molar-refractivity contribution >= 4 is 51.6 Å². The van der Waals surface area contributed by atoms with Crippen LogP contribution in [0, 0.1) is 0 Å². The second-order valence-corrected chi connectivity index (χ2v) is 6.70. The van der Waals surface area contributed by atoms with Gasteiger partial charge in [-0.3, -0.25) is 0 Å². The van der Waals surface area contributed by atoms with Gasteiger partial charge in [-0.1, -0.05) is 36.5 Å². The first kappa shape index (κ1) is 15.1. The number of nitrogens with one attached hydrogen (secondary N) is 3. The smallest absolute Gasteiger partial charge is 0.171 e. The van der Waals surface area contributed by atoms with Crippen molar-refractivity contribution < 1.29 is 0 Å². The minimum Gasteiger partial charge on any atom is -0.351 e. The van der Waals surface area contributed by atoms with E-state index in [0.717, 1.165) is 17.0 Å². The van der Waals surface area contributed by atoms with Crippen LogP contribution in [0.25, 0.3) is 0 Å². The third-order valence-electron chi connectivity index (χ3n) is 3.37. The molecule has 0 saturated heterocycles. The Morgan fingerprint density at radius 2 is 1.95 bits per heavy atom. The highest BCUT2D eigenvalue weighted by atomic mass is 32.1. The molecule has 0 saturated carbocycles. The summed E-state index contributed by atoms with van der Waals surface area (Å²) in [7, 11) is 0. The summed E-state index contributed by atoms with van der Waals surface area (Å²) in [6.45, 7) is 2.00. The van der Waals surface area contributed by atoms with Gasteiger partial charge >= 0.3 is 0 Å². The Balaban J connectivity index is 1.92. The van der Waals surface area contributed by atoms with Gasteiger partial charge in [-0.05, 0) is 42.7 Å². The zero-order chi connectivity index (χ0) is 15.5. The fourth-order valence-electron chi connectivity index (χ4n) is 2.38. The molecule has 2 heterocycles. The van der Waals surface area contributed by atoms with Gasteiger partial charge in [-0.15, -0.1) is 11.3 Å². The minimum absolute atomic E-state index is 0.0162. The highest BCUT2D eigenvalue weighted by molar-refractivity contribution is 7.81. The van der Waals surface area contributed by atoms with E-state index >= 15 is 0 Å². The van der Waals surface area contributed by atoms with Crippen molar-refractivity contribution in [1.29, 1.82) is 0 Å². The van der Waals surface area contributed by atoms with E-state index in [2.05, 4.69) is 27.4 Å². The van der Waals surface area contributed by atoms with E-state index in [1.165, 1.54) is 4.88 Å². The fourth-order valence-corrected chi connectivity index (χ4v) is 3.83. The second kappa shape index (κ2) is 6.56. The number of para-hydroxylation sites is 1. The Kier molecular flexibility index (Phi) is 4.52. The van der Waals surface area contributed by atoms with Gasteiger partial charge in [0.2, 0.25) is 0 Å². The summed E-state index contributed by atoms with van der Waals surface area (Å²) in [6, 6.07) is 14.0. The zero-order valence-corrected chi connectivity index (χ0v) is 14.4. The van der Waals surface area contributed by atoms with Crippen LogP contribution in [-0.2, 0) is 0 Å². The van der Waals surface area contributed by atoms with Crippen molar-refractivity contribution in [3.05, 3.63) is 64.0 Å². The molecule has 3 rings (SSSR count). The number of hydrogen-bond acceptors (Lipinski definition) is 3. The van der Waals surface area contributed by atoms with Crippen LogP contribution >= 0.6 is 35.8 Å². The van der Waals surface area contributed by atoms with Crippen LogP contribution in [0.15, 0.2) is 59.1 Å². The summed E-state index contributed by atoms with van der Waals surface area (Å²) in [5, 5.41) is 12.5. The van der Waals surface area contributed by atoms with Gasteiger partial charge in [0.15, 0.2) is 5.11 Å². The molecule has 0 unspecified atom stereocenters. The second-order valence-electron chi connectivity index (χ2n) is 4.91. The van der Waals surface area contributed by atoms with Crippen LogP contribution in [0.3, 0.4) is 0 Å². The van der Waals surface area contributed by atoms with Crippen LogP contribution in [0.5, 0.6) is 0 Å². The van der Waals surface area contributed by atoms with E-state index in [4.69, 9.17) is 24.4 Å². The maximum absolute atomic E-state index is 5.64. The predicted molar refractivity (Wildman–Crippen MR) is 101 cm³/mol. The Bertz CT molecular complexity index is 720. The van der Waals surface area contributed by atoms with E-state index in [-0.39, 0.29) is 6.04 Å². The molecule has 0 fully saturated rings. The SMILES string of the molecule is CC1=C(C(=S)Nc2ccccc2)[C@H](c2cccs2)NC(=S)N1. The molecule has 6 heteroatoms. The maximum atomic E-state index is 5.64. The molecule has 1 aromatic heterocycles. The summed E-state index contributed by atoms with van der Waals surface area (Å²) in [5.41, 5.74) is 2.98. The molecule has 1 aliphatic rings. The molecule has 0 radical (unpaired) electrons. The monoisotopic (exact) mass is 345 g/mol. The number of benzene rings is 1. The highest BCUT2D eigenvalue weighted by Gasteiger charge is 2.28. The zero-order valence-electron chi connectivity index (χ0n) is 11.9. The third kappa shape index (κ3) is 3.19. The van der Waals surface area contributed by atoms with Gasteiger partial charge in [-0.2, -0.15) is 0 Å². The van der Waals surface area contributed by atoms with Crippen LogP contribution in [0.1, 0.15) is 17.8 Å². The molecule has 3 nitrogen and oxygen atoms in total. The van der Waals surface area contributed by atoms with Gasteiger partial charge in [0.25, 0.3) is 0 Å². The van der Waals surface area contributed by atoms with E-state index in [1.54, 1.807) is 11.3 Å². The number of hydrogen-bond donors (Lipinski definition) is 3. The van der Waals surface area contributed by atoms with Gasteiger partial charge < -0.3 is 16.0 Å². The van der Waals surface area contributed by atoms with Crippen molar-refractivity contribution in [2.24, 2.45) is 0 Å². The highest BCUT2D eigenvalue weighted by Crippen LogP contribution is 2.31. The lowest BCUT2D eigenvalue weighted by molar-refractivity contribution is 0.729. The number of rotatable bonds is 3. The van der Waals surface area contributed by atoms with Gasteiger partial charge in [0.05, 0.1) is 6.04 Å². The molecule has 1 aliphatic heterocycles. The Morgan fingerprint density at radius 1 is 1.18 bits per heavy atom. The van der Waals surface area contributed by atoms with Gasteiger partial charge in [0, 0.05) is 21.8 Å². The number of allylic oxidation sites excluding steroid dienone is 1. The van der Waals surface area contributed by atoms with E-state index in [0.29, 0.717) is 10.1 Å². The lowest BCUT2D eigenvalue weighted by Crippen LogP contribution is -2.45. The first-order valence-electron chi connectivity index (χ1n) is 6.83. The van der Waals surface area contributed by atoms with Crippen molar-refractivity contribution in [2.75, 3.05) is 5.32 Å². The molecule has 1 atom stereocenters. The van der Waals surface area contributed by atoms with Gasteiger partial charge in [-0.25, -0.2) is 0 Å². The molecular weight excluding hydrogens is 330 g/mol. The average molecular weight is 346 g/mol. The summed E-state index contributed by atoms with van der Waals surface area (Å²) < 4.78 is 0. The van der Waals surface area contributed by atoms with Crippen molar-refractivity contribution in [3.63, 3.8) is 0 Å². The third-order valence-corrected chi connectivity index (χ3v) is 4.85. The number of thiocarbonyl (C=S) groups is 2. The van der Waals surface area contributed by atoms with Crippen LogP contribution < -0.4 is 16.0 Å². The predicted octanol–water partition coefficient (Wildman–Crippen LogP) is 3.98. The standard InChI is InChI=1S/C16H15N3S3/c1-10-13(15(20)18-11-6-3-2-4-7-11)14(19-16(21)17-10)12-8-5-9-22-12/h2-9,14H,1H3,(H,18,20)(H2,17,19,21)/t14-/m0/s1. The molecule has 2 aromatic rings. The van der Waals surface area contributed by atoms with Crippen LogP contribution in [0.4, 0.5) is 5.69 Å². The first-order chi connectivity index (χ1) is 10.6. The molecule has 3 N–H and O–H groups in total. The summed E-state index contributed by atoms with van der Waals surface area (Å²) in [4.78, 5) is 1.89. The minimum atomic E-state index is -0.0162. The topological polar surface area (TPSA) is 36.1 Å².